The number of amides is 1. The van der Waals surface area contributed by atoms with Crippen molar-refractivity contribution in [2.45, 2.75) is 110 Å². The first-order valence-electron chi connectivity index (χ1n) is 16.8. The van der Waals surface area contributed by atoms with Crippen molar-refractivity contribution in [1.82, 2.24) is 24.4 Å². The van der Waals surface area contributed by atoms with Gasteiger partial charge in [0.15, 0.2) is 15.7 Å². The third kappa shape index (κ3) is 9.99. The van der Waals surface area contributed by atoms with Crippen LogP contribution >= 0.6 is 0 Å². The average molecular weight is 703 g/mol. The molecule has 12 nitrogen and oxygen atoms in total. The van der Waals surface area contributed by atoms with Crippen LogP contribution in [0.4, 0.5) is 10.6 Å². The summed E-state index contributed by atoms with van der Waals surface area (Å²) in [6.07, 6.45) is 0.437. The monoisotopic (exact) mass is 702 g/mol. The number of carbonyl (C=O) groups excluding carboxylic acids is 1. The predicted octanol–water partition coefficient (Wildman–Crippen LogP) is 6.11. The number of hydrogen-bond donors (Lipinski definition) is 0. The van der Waals surface area contributed by atoms with E-state index in [1.807, 2.05) is 43.5 Å². The molecule has 1 atom stereocenters. The van der Waals surface area contributed by atoms with Gasteiger partial charge in [0.05, 0.1) is 53.5 Å². The summed E-state index contributed by atoms with van der Waals surface area (Å²) in [6, 6.07) is 8.71. The number of sulfone groups is 1. The Balaban J connectivity index is 1.76. The van der Waals surface area contributed by atoms with E-state index in [-0.39, 0.29) is 18.3 Å². The molecule has 0 saturated carbocycles. The topological polar surface area (TPSA) is 129 Å². The summed E-state index contributed by atoms with van der Waals surface area (Å²) >= 11 is 0. The molecule has 48 heavy (non-hydrogen) atoms. The minimum absolute atomic E-state index is 0.117. The van der Waals surface area contributed by atoms with E-state index in [9.17, 15) is 13.2 Å². The van der Waals surface area contributed by atoms with Gasteiger partial charge in [-0.1, -0.05) is 26.6 Å². The third-order valence-electron chi connectivity index (χ3n) is 8.22. The van der Waals surface area contributed by atoms with Crippen molar-refractivity contribution in [3.8, 4) is 11.5 Å². The summed E-state index contributed by atoms with van der Waals surface area (Å²) in [5, 5.41) is -0.537. The largest absolute Gasteiger partial charge is 0.444 e. The molecule has 0 N–H and O–H groups in total. The molecule has 0 spiro atoms. The lowest BCUT2D eigenvalue weighted by molar-refractivity contribution is 0.0274. The fourth-order valence-electron chi connectivity index (χ4n) is 5.27. The number of fused-ring (bicyclic) bond motifs is 1. The molecular formula is C34H54N6O6SSi. The summed E-state index contributed by atoms with van der Waals surface area (Å²) in [4.78, 5) is 31.2. The first-order valence-corrected chi connectivity index (χ1v) is 22.2. The van der Waals surface area contributed by atoms with Gasteiger partial charge in [-0.05, 0) is 65.3 Å². The van der Waals surface area contributed by atoms with Gasteiger partial charge >= 0.3 is 6.09 Å². The van der Waals surface area contributed by atoms with Crippen LogP contribution in [0, 0.1) is 0 Å². The molecule has 4 rings (SSSR count). The molecular weight excluding hydrogens is 649 g/mol. The first kappa shape index (κ1) is 37.7. The molecule has 0 aliphatic carbocycles. The predicted molar refractivity (Wildman–Crippen MR) is 193 cm³/mol. The maximum absolute atomic E-state index is 13.0. The van der Waals surface area contributed by atoms with Crippen LogP contribution in [0.1, 0.15) is 59.4 Å². The third-order valence-corrected chi connectivity index (χ3v) is 12.1. The zero-order chi connectivity index (χ0) is 35.4. The van der Waals surface area contributed by atoms with Crippen LogP contribution in [-0.2, 0) is 43.1 Å². The normalized spacial score (nSPS) is 16.1. The number of nitrogens with zero attached hydrogens (tertiary/aromatic N) is 6. The lowest BCUT2D eigenvalue weighted by atomic mass is 10.1. The van der Waals surface area contributed by atoms with Crippen molar-refractivity contribution >= 4 is 40.9 Å². The fraction of sp³-hybridized carbons (Fsp3) is 0.647. The zero-order valence-electron chi connectivity index (χ0n) is 30.4. The van der Waals surface area contributed by atoms with Gasteiger partial charge < -0.3 is 28.6 Å². The first-order chi connectivity index (χ1) is 22.4. The van der Waals surface area contributed by atoms with E-state index in [0.717, 1.165) is 23.7 Å². The van der Waals surface area contributed by atoms with E-state index >= 15 is 0 Å². The summed E-state index contributed by atoms with van der Waals surface area (Å²) in [5.74, 6) is 0.832. The van der Waals surface area contributed by atoms with Gasteiger partial charge in [0.2, 0.25) is 0 Å². The average Bonchev–Trinajstić information content (AvgIpc) is 3.33. The SMILES string of the molecule is CC[C@H]1COCCN1c1cc(CS(=O)(=O)C(C)C)nc(-c2ccc3c(cc(CN(C)C(=O)OC(C)(C)C)n3COCC[Si](C)(C)C)n2)n1. The molecule has 0 bridgehead atoms. The van der Waals surface area contributed by atoms with Crippen molar-refractivity contribution in [2.75, 3.05) is 38.3 Å². The van der Waals surface area contributed by atoms with Crippen molar-refractivity contribution in [2.24, 2.45) is 0 Å². The van der Waals surface area contributed by atoms with Gasteiger partial charge in [-0.15, -0.1) is 0 Å². The molecule has 3 aromatic rings. The highest BCUT2D eigenvalue weighted by Gasteiger charge is 2.27. The van der Waals surface area contributed by atoms with Crippen LogP contribution in [0.15, 0.2) is 24.3 Å². The van der Waals surface area contributed by atoms with Crippen LogP contribution in [0.5, 0.6) is 0 Å². The van der Waals surface area contributed by atoms with Crippen molar-refractivity contribution in [3.05, 3.63) is 35.7 Å². The number of rotatable bonds is 13. The molecule has 1 aliphatic rings. The minimum Gasteiger partial charge on any atom is -0.444 e. The van der Waals surface area contributed by atoms with E-state index in [2.05, 4.69) is 31.5 Å². The number of ether oxygens (including phenoxy) is 3. The van der Waals surface area contributed by atoms with E-state index < -0.39 is 34.9 Å². The van der Waals surface area contributed by atoms with E-state index in [1.54, 1.807) is 31.9 Å². The lowest BCUT2D eigenvalue weighted by Crippen LogP contribution is -2.45. The molecule has 14 heteroatoms. The Bertz CT molecular complexity index is 1680. The second kappa shape index (κ2) is 15.2. The van der Waals surface area contributed by atoms with Gasteiger partial charge in [-0.2, -0.15) is 0 Å². The Kier molecular flexibility index (Phi) is 12.0. The second-order valence-corrected chi connectivity index (χ2v) is 23.3. The van der Waals surface area contributed by atoms with E-state index in [4.69, 9.17) is 29.2 Å². The van der Waals surface area contributed by atoms with Gasteiger partial charge in [0.1, 0.15) is 23.8 Å². The van der Waals surface area contributed by atoms with Crippen molar-refractivity contribution in [3.63, 3.8) is 0 Å². The van der Waals surface area contributed by atoms with Crippen molar-refractivity contribution < 1.29 is 27.4 Å². The summed E-state index contributed by atoms with van der Waals surface area (Å²) in [7, 11) is -2.99. The number of carbonyl (C=O) groups is 1. The number of morpholine rings is 1. The number of pyridine rings is 1. The second-order valence-electron chi connectivity index (χ2n) is 15.1. The zero-order valence-corrected chi connectivity index (χ0v) is 32.2. The van der Waals surface area contributed by atoms with Gasteiger partial charge in [-0.25, -0.2) is 28.2 Å². The molecule has 1 amide bonds. The quantitative estimate of drug-likeness (QED) is 0.152. The summed E-state index contributed by atoms with van der Waals surface area (Å²) < 4.78 is 45.5. The smallest absolute Gasteiger partial charge is 0.410 e. The fourth-order valence-corrected chi connectivity index (χ4v) is 6.92. The Morgan fingerprint density at radius 2 is 1.88 bits per heavy atom. The molecule has 0 radical (unpaired) electrons. The van der Waals surface area contributed by atoms with Crippen LogP contribution in [0.25, 0.3) is 22.6 Å². The summed E-state index contributed by atoms with van der Waals surface area (Å²) in [6.45, 7) is 21.0. The maximum Gasteiger partial charge on any atom is 0.410 e. The molecule has 266 valence electrons. The summed E-state index contributed by atoms with van der Waals surface area (Å²) in [5.41, 5.74) is 2.72. The number of anilines is 1. The standard InChI is InChI=1S/C34H54N6O6SSi/c1-11-26-21-44-15-14-39(26)31-18-25(22-47(42,43)24(2)3)35-32(37-31)28-12-13-30-29(36-28)19-27(20-38(7)33(41)46-34(4,5)6)40(30)23-45-16-17-48(8,9)10/h12-13,18-19,24,26H,11,14-17,20-23H2,1-10H3/t26-/m0/s1. The van der Waals surface area contributed by atoms with Crippen LogP contribution in [0.3, 0.4) is 0 Å². The number of hydrogen-bond acceptors (Lipinski definition) is 10. The Labute approximate surface area is 287 Å². The lowest BCUT2D eigenvalue weighted by Gasteiger charge is -2.36. The van der Waals surface area contributed by atoms with Crippen LogP contribution in [0.2, 0.25) is 25.7 Å². The van der Waals surface area contributed by atoms with Gasteiger partial charge in [0, 0.05) is 40.0 Å². The maximum atomic E-state index is 13.0. The highest BCUT2D eigenvalue weighted by Crippen LogP contribution is 2.28. The molecule has 1 fully saturated rings. The van der Waals surface area contributed by atoms with Crippen molar-refractivity contribution in [1.29, 1.82) is 0 Å². The van der Waals surface area contributed by atoms with E-state index in [1.165, 1.54) is 0 Å². The Morgan fingerprint density at radius 3 is 2.52 bits per heavy atom. The van der Waals surface area contributed by atoms with Gasteiger partial charge in [-0.3, -0.25) is 0 Å². The van der Waals surface area contributed by atoms with Crippen LogP contribution < -0.4 is 4.90 Å². The molecule has 3 aromatic heterocycles. The van der Waals surface area contributed by atoms with E-state index in [0.29, 0.717) is 61.6 Å². The Hall–Kier alpha value is -3.07. The van der Waals surface area contributed by atoms with Gasteiger partial charge in [0.25, 0.3) is 0 Å². The molecule has 1 saturated heterocycles. The highest BCUT2D eigenvalue weighted by atomic mass is 32.2. The molecule has 4 heterocycles. The minimum atomic E-state index is -3.42. The number of aromatic nitrogens is 4. The molecule has 1 aliphatic heterocycles. The van der Waals surface area contributed by atoms with Crippen LogP contribution in [-0.4, -0.2) is 97.3 Å². The molecule has 0 unspecified atom stereocenters. The Morgan fingerprint density at radius 1 is 1.15 bits per heavy atom. The molecule has 0 aromatic carbocycles. The highest BCUT2D eigenvalue weighted by molar-refractivity contribution is 7.91.